The van der Waals surface area contributed by atoms with Gasteiger partial charge in [-0.3, -0.25) is 9.59 Å². The van der Waals surface area contributed by atoms with Gasteiger partial charge >= 0.3 is 0 Å². The van der Waals surface area contributed by atoms with Crippen LogP contribution < -0.4 is 0 Å². The van der Waals surface area contributed by atoms with Gasteiger partial charge in [0.25, 0.3) is 0 Å². The molecular formula is C77H46O2. The van der Waals surface area contributed by atoms with Crippen LogP contribution in [0.3, 0.4) is 0 Å². The van der Waals surface area contributed by atoms with Gasteiger partial charge in [0.1, 0.15) is 0 Å². The molecule has 0 bridgehead atoms. The highest BCUT2D eigenvalue weighted by atomic mass is 16.1. The normalized spacial score (nSPS) is 17.8. The Morgan fingerprint density at radius 1 is 0.291 bits per heavy atom. The Bertz CT molecular complexity index is 4520. The van der Waals surface area contributed by atoms with Crippen molar-refractivity contribution < 1.29 is 9.59 Å². The second-order valence-corrected chi connectivity index (χ2v) is 22.7. The van der Waals surface area contributed by atoms with E-state index in [0.29, 0.717) is 22.3 Å². The average molecular weight is 1000 g/mol. The van der Waals surface area contributed by atoms with Crippen LogP contribution in [0.25, 0.3) is 55.6 Å². The third kappa shape index (κ3) is 5.10. The minimum absolute atomic E-state index is 0.00754. The van der Waals surface area contributed by atoms with E-state index in [0.717, 1.165) is 22.3 Å². The molecule has 11 aromatic rings. The number of hydrogen-bond donors (Lipinski definition) is 0. The predicted molar refractivity (Wildman–Crippen MR) is 315 cm³/mol. The van der Waals surface area contributed by atoms with Gasteiger partial charge in [-0.25, -0.2) is 0 Å². The summed E-state index contributed by atoms with van der Waals surface area (Å²) in [5.74, 6) is -0.193. The molecular weight excluding hydrogens is 957 g/mol. The van der Waals surface area contributed by atoms with Gasteiger partial charge in [0, 0.05) is 34.1 Å². The molecule has 0 aliphatic heterocycles. The fourth-order valence-corrected chi connectivity index (χ4v) is 16.8. The first-order valence-electron chi connectivity index (χ1n) is 27.7. The van der Waals surface area contributed by atoms with Gasteiger partial charge in [-0.05, 0) is 141 Å². The van der Waals surface area contributed by atoms with Crippen molar-refractivity contribution in [1.82, 2.24) is 0 Å². The Morgan fingerprint density at radius 2 is 0.595 bits per heavy atom. The van der Waals surface area contributed by atoms with Crippen molar-refractivity contribution in [2.75, 3.05) is 0 Å². The molecule has 7 aliphatic rings. The van der Waals surface area contributed by atoms with Crippen molar-refractivity contribution in [2.24, 2.45) is 5.92 Å². The van der Waals surface area contributed by atoms with E-state index in [1.165, 1.54) is 100 Å². The number of carbonyl (C=O) groups is 2. The lowest BCUT2D eigenvalue weighted by molar-refractivity contribution is 0.103. The number of carbonyl (C=O) groups excluding carboxylic acids is 2. The summed E-state index contributed by atoms with van der Waals surface area (Å²) in [7, 11) is 0. The van der Waals surface area contributed by atoms with Gasteiger partial charge in [-0.2, -0.15) is 0 Å². The van der Waals surface area contributed by atoms with E-state index >= 15 is 9.59 Å². The average Bonchev–Trinajstić information content (AvgIpc) is 4.34. The van der Waals surface area contributed by atoms with Crippen LogP contribution in [0, 0.1) is 5.92 Å². The second kappa shape index (κ2) is 15.2. The van der Waals surface area contributed by atoms with Crippen molar-refractivity contribution in [2.45, 2.75) is 22.2 Å². The molecule has 18 rings (SSSR count). The van der Waals surface area contributed by atoms with Crippen LogP contribution in [0.1, 0.15) is 99.0 Å². The smallest absolute Gasteiger partial charge is 0.193 e. The molecule has 0 fully saturated rings. The number of fused-ring (bicyclic) bond motifs is 30. The van der Waals surface area contributed by atoms with Gasteiger partial charge in [0.2, 0.25) is 0 Å². The molecule has 2 unspecified atom stereocenters. The first kappa shape index (κ1) is 43.4. The summed E-state index contributed by atoms with van der Waals surface area (Å²) < 4.78 is 0. The molecule has 79 heavy (non-hydrogen) atoms. The van der Waals surface area contributed by atoms with Gasteiger partial charge < -0.3 is 0 Å². The Hall–Kier alpha value is -9.76. The molecule has 7 aliphatic carbocycles. The Morgan fingerprint density at radius 3 is 0.987 bits per heavy atom. The van der Waals surface area contributed by atoms with E-state index < -0.39 is 16.2 Å². The van der Waals surface area contributed by atoms with E-state index in [1.54, 1.807) is 0 Å². The largest absolute Gasteiger partial charge is 0.289 e. The van der Waals surface area contributed by atoms with E-state index in [4.69, 9.17) is 0 Å². The van der Waals surface area contributed by atoms with Crippen LogP contribution in [0.5, 0.6) is 0 Å². The molecule has 2 heteroatoms. The summed E-state index contributed by atoms with van der Waals surface area (Å²) in [6.07, 6.45) is 6.65. The highest BCUT2D eigenvalue weighted by Crippen LogP contribution is 2.67. The number of hydrogen-bond acceptors (Lipinski definition) is 2. The lowest BCUT2D eigenvalue weighted by atomic mass is 9.64. The molecule has 0 radical (unpaired) electrons. The summed E-state index contributed by atoms with van der Waals surface area (Å²) in [6, 6.07) is 89.8. The summed E-state index contributed by atoms with van der Waals surface area (Å²) in [5.41, 5.74) is 27.5. The zero-order valence-electron chi connectivity index (χ0n) is 42.9. The third-order valence-corrected chi connectivity index (χ3v) is 19.6. The van der Waals surface area contributed by atoms with E-state index in [2.05, 4.69) is 255 Å². The second-order valence-electron chi connectivity index (χ2n) is 22.7. The Kier molecular flexibility index (Phi) is 8.37. The number of allylic oxidation sites excluding steroid dienone is 4. The molecule has 0 amide bonds. The van der Waals surface area contributed by atoms with Gasteiger partial charge in [0.05, 0.1) is 16.2 Å². The molecule has 2 nitrogen and oxygen atoms in total. The van der Waals surface area contributed by atoms with Crippen LogP contribution in [0.4, 0.5) is 0 Å². The molecule has 0 saturated carbocycles. The summed E-state index contributed by atoms with van der Waals surface area (Å²) in [5, 5.41) is 0. The topological polar surface area (TPSA) is 34.1 Å². The lowest BCUT2D eigenvalue weighted by Gasteiger charge is -2.36. The molecule has 0 aromatic heterocycles. The Labute approximate surface area is 458 Å². The fraction of sp³-hybridized carbons (Fsp3) is 0.0649. The molecule has 366 valence electrons. The van der Waals surface area contributed by atoms with E-state index in [9.17, 15) is 0 Å². The van der Waals surface area contributed by atoms with Gasteiger partial charge in [-0.15, -0.1) is 0 Å². The standard InChI is InChI=1S/C77H46O2/c78-73(45-33-37-57-55-23-7-13-29-65(55)75(69(57)41-45)61-25-9-1-17-49(61)50-18-2-10-26-62(50)75)47-35-39-59-60-40-36-48(44-72(60)77(71(59)43-47)67-31-15-5-21-53(67)54-22-6-16-32-68(54)77)74(79)46-34-38-58-56-24-8-14-30-66(56)76(70(58)42-46)63-27-11-3-19-51(63)52-20-4-12-28-64(52)76/h1-44,59,71H. The van der Waals surface area contributed by atoms with Crippen molar-refractivity contribution in [1.29, 1.82) is 0 Å². The zero-order chi connectivity index (χ0) is 51.9. The predicted octanol–water partition coefficient (Wildman–Crippen LogP) is 17.0. The number of ketones is 2. The van der Waals surface area contributed by atoms with Crippen molar-refractivity contribution >= 4 is 11.6 Å². The summed E-state index contributed by atoms with van der Waals surface area (Å²) >= 11 is 0. The van der Waals surface area contributed by atoms with Crippen LogP contribution in [-0.2, 0) is 16.2 Å². The SMILES string of the molecule is O=C(C1=CC2C(C=C1)c1ccc(C(=O)c3ccc4c(c3)C3(c5ccccc5-c5ccccc53)c3ccccc3-4)cc1C21c2ccccc2-c2ccccc21)c1ccc2c(c1)C1(c3ccccc3-c3ccccc31)c1ccccc1-2. The Balaban J connectivity index is 0.784. The maximum absolute atomic E-state index is 15.6. The summed E-state index contributed by atoms with van der Waals surface area (Å²) in [6.45, 7) is 0. The van der Waals surface area contributed by atoms with Gasteiger partial charge in [0.15, 0.2) is 11.6 Å². The first-order valence-corrected chi connectivity index (χ1v) is 27.7. The highest BCUT2D eigenvalue weighted by Gasteiger charge is 2.58. The van der Waals surface area contributed by atoms with Crippen LogP contribution in [0.2, 0.25) is 0 Å². The summed E-state index contributed by atoms with van der Waals surface area (Å²) in [4.78, 5) is 31.3. The molecule has 11 aromatic carbocycles. The van der Waals surface area contributed by atoms with Crippen LogP contribution in [-0.4, -0.2) is 11.6 Å². The minimum atomic E-state index is -0.679. The maximum atomic E-state index is 15.6. The molecule has 3 spiro atoms. The molecule has 0 heterocycles. The zero-order valence-corrected chi connectivity index (χ0v) is 42.9. The van der Waals surface area contributed by atoms with E-state index in [1.807, 2.05) is 12.1 Å². The van der Waals surface area contributed by atoms with Crippen LogP contribution >= 0.6 is 0 Å². The number of rotatable bonds is 4. The van der Waals surface area contributed by atoms with Crippen molar-refractivity contribution in [3.63, 3.8) is 0 Å². The fourth-order valence-electron chi connectivity index (χ4n) is 16.8. The minimum Gasteiger partial charge on any atom is -0.289 e. The first-order chi connectivity index (χ1) is 39.0. The number of Topliss-reactive ketones (excluding diaryl/α,β-unsaturated/α-hetero) is 1. The van der Waals surface area contributed by atoms with Gasteiger partial charge in [-0.1, -0.05) is 249 Å². The van der Waals surface area contributed by atoms with Crippen molar-refractivity contribution in [3.05, 3.63) is 356 Å². The highest BCUT2D eigenvalue weighted by molar-refractivity contribution is 6.13. The lowest BCUT2D eigenvalue weighted by Crippen LogP contribution is -2.34. The quantitative estimate of drug-likeness (QED) is 0.165. The van der Waals surface area contributed by atoms with Crippen molar-refractivity contribution in [3.8, 4) is 55.6 Å². The molecule has 0 N–H and O–H groups in total. The monoisotopic (exact) mass is 1000 g/mol. The van der Waals surface area contributed by atoms with E-state index in [-0.39, 0.29) is 23.4 Å². The maximum Gasteiger partial charge on any atom is 0.193 e. The molecule has 2 atom stereocenters. The molecule has 0 saturated heterocycles. The third-order valence-electron chi connectivity index (χ3n) is 19.6. The number of benzene rings is 11. The van der Waals surface area contributed by atoms with Crippen LogP contribution in [0.15, 0.2) is 273 Å².